The molecule has 0 aliphatic carbocycles. The van der Waals surface area contributed by atoms with E-state index in [1.807, 2.05) is 0 Å². The first-order chi connectivity index (χ1) is 3.12. The zero-order valence-electron chi connectivity index (χ0n) is 4.36. The van der Waals surface area contributed by atoms with E-state index >= 15 is 0 Å². The second-order valence-corrected chi connectivity index (χ2v) is 21.3. The van der Waals surface area contributed by atoms with Crippen LogP contribution < -0.4 is 0 Å². The Morgan fingerprint density at radius 2 is 1.71 bits per heavy atom. The summed E-state index contributed by atoms with van der Waals surface area (Å²) in [5.41, 5.74) is 0. The van der Waals surface area contributed by atoms with Gasteiger partial charge in [0.1, 0.15) is 0 Å². The Kier molecular flexibility index (Phi) is 3.56. The summed E-state index contributed by atoms with van der Waals surface area (Å²) in [7, 11) is 0. The second-order valence-electron chi connectivity index (χ2n) is 1.27. The zero-order valence-corrected chi connectivity index (χ0v) is 8.84. The summed E-state index contributed by atoms with van der Waals surface area (Å²) < 4.78 is 4.10. The molecule has 0 spiro atoms. The van der Waals surface area contributed by atoms with Gasteiger partial charge in [-0.1, -0.05) is 0 Å². The average Bonchev–Trinajstić information content (AvgIpc) is 1.68. The van der Waals surface area contributed by atoms with Crippen molar-refractivity contribution >= 4 is 32.9 Å². The summed E-state index contributed by atoms with van der Waals surface area (Å²) in [5, 5.41) is 0. The average molecular weight is 324 g/mol. The Hall–Kier alpha value is 1.000. The molecule has 0 rings (SSSR count). The molecule has 0 nitrogen and oxygen atoms in total. The molecule has 0 aliphatic heterocycles. The van der Waals surface area contributed by atoms with Gasteiger partial charge < -0.3 is 0 Å². The normalized spacial score (nSPS) is 12.9. The third-order valence-corrected chi connectivity index (χ3v) is 9.20. The van der Waals surface area contributed by atoms with E-state index in [0.717, 1.165) is 0 Å². The fourth-order valence-electron chi connectivity index (χ4n) is 0.0680. The summed E-state index contributed by atoms with van der Waals surface area (Å²) in [6.45, 7) is 7.42. The summed E-state index contributed by atoms with van der Waals surface area (Å²) in [6.07, 6.45) is 0. The molecule has 0 saturated carbocycles. The van der Waals surface area contributed by atoms with Gasteiger partial charge in [-0.05, 0) is 0 Å². The molecule has 0 aliphatic rings. The SMILES string of the molecule is C=C[Te](C)(I)C=C. The van der Waals surface area contributed by atoms with Crippen LogP contribution in [0.15, 0.2) is 21.4 Å². The molecule has 0 N–H and O–H groups in total. The predicted molar refractivity (Wildman–Crippen MR) is 46.0 cm³/mol. The Balaban J connectivity index is 3.82. The maximum atomic E-state index is 3.71. The fraction of sp³-hybridized carbons (Fsp3) is 0.200. The Morgan fingerprint density at radius 3 is 1.71 bits per heavy atom. The second kappa shape index (κ2) is 3.11. The van der Waals surface area contributed by atoms with Crippen molar-refractivity contribution in [2.45, 2.75) is 4.97 Å². The number of hydrogen-bond donors (Lipinski definition) is 0. The van der Waals surface area contributed by atoms with E-state index < -0.39 is 14.2 Å². The van der Waals surface area contributed by atoms with Crippen molar-refractivity contribution in [2.24, 2.45) is 0 Å². The molecule has 0 heterocycles. The fourth-order valence-corrected chi connectivity index (χ4v) is 0.456. The summed E-state index contributed by atoms with van der Waals surface area (Å²) >= 11 is 0.850. The van der Waals surface area contributed by atoms with Crippen LogP contribution in [0, 0.1) is 0 Å². The predicted octanol–water partition coefficient (Wildman–Crippen LogP) is 2.45. The molecule has 0 unspecified atom stereocenters. The summed E-state index contributed by atoms with van der Waals surface area (Å²) in [5.74, 6) is 0. The minimum atomic E-state index is -1.61. The molecule has 0 aromatic carbocycles. The molecule has 2 heteroatoms. The van der Waals surface area contributed by atoms with Crippen LogP contribution in [0.25, 0.3) is 0 Å². The molecule has 0 radical (unpaired) electrons. The van der Waals surface area contributed by atoms with E-state index in [0.29, 0.717) is 0 Å². The van der Waals surface area contributed by atoms with Crippen LogP contribution in [0.3, 0.4) is 0 Å². The molecule has 0 bridgehead atoms. The van der Waals surface area contributed by atoms with Gasteiger partial charge in [0.05, 0.1) is 0 Å². The van der Waals surface area contributed by atoms with Gasteiger partial charge in [0.15, 0.2) is 0 Å². The van der Waals surface area contributed by atoms with Gasteiger partial charge in [-0.25, -0.2) is 0 Å². The summed E-state index contributed by atoms with van der Waals surface area (Å²) in [4.78, 5) is 2.24. The van der Waals surface area contributed by atoms with E-state index in [1.54, 1.807) is 0 Å². The molecule has 0 atom stereocenters. The zero-order chi connectivity index (χ0) is 5.91. The van der Waals surface area contributed by atoms with Gasteiger partial charge in [-0.3, -0.25) is 0 Å². The van der Waals surface area contributed by atoms with Crippen molar-refractivity contribution < 1.29 is 0 Å². The first-order valence-corrected chi connectivity index (χ1v) is 13.7. The molecule has 0 aromatic rings. The quantitative estimate of drug-likeness (QED) is 0.541. The number of halogens is 1. The summed E-state index contributed by atoms with van der Waals surface area (Å²) in [6, 6.07) is 0. The van der Waals surface area contributed by atoms with Crippen LogP contribution in [0.5, 0.6) is 0 Å². The van der Waals surface area contributed by atoms with Crippen molar-refractivity contribution in [2.75, 3.05) is 0 Å². The van der Waals surface area contributed by atoms with Gasteiger partial charge in [-0.15, -0.1) is 0 Å². The molecule has 0 amide bonds. The molecular formula is C5H9ITe. The van der Waals surface area contributed by atoms with E-state index in [2.05, 4.69) is 45.1 Å². The van der Waals surface area contributed by atoms with Crippen molar-refractivity contribution in [1.82, 2.24) is 0 Å². The Bertz CT molecular complexity index is 76.1. The topological polar surface area (TPSA) is 0 Å². The van der Waals surface area contributed by atoms with Gasteiger partial charge in [0.2, 0.25) is 0 Å². The van der Waals surface area contributed by atoms with Gasteiger partial charge in [0, 0.05) is 0 Å². The molecular weight excluding hydrogens is 315 g/mol. The van der Waals surface area contributed by atoms with E-state index in [1.165, 1.54) is 0 Å². The molecule has 7 heavy (non-hydrogen) atoms. The third-order valence-electron chi connectivity index (χ3n) is 0.652. The first-order valence-electron chi connectivity index (χ1n) is 1.85. The third kappa shape index (κ3) is 3.57. The maximum absolute atomic E-state index is 3.71. The van der Waals surface area contributed by atoms with Crippen molar-refractivity contribution in [1.29, 1.82) is 0 Å². The monoisotopic (exact) mass is 326 g/mol. The van der Waals surface area contributed by atoms with Crippen LogP contribution in [0.1, 0.15) is 0 Å². The number of rotatable bonds is 2. The Morgan fingerprint density at radius 1 is 1.43 bits per heavy atom. The van der Waals surface area contributed by atoms with Gasteiger partial charge in [0.25, 0.3) is 0 Å². The van der Waals surface area contributed by atoms with Crippen LogP contribution in [-0.4, -0.2) is 14.2 Å². The number of hydrogen-bond acceptors (Lipinski definition) is 0. The van der Waals surface area contributed by atoms with E-state index in [-0.39, 0.29) is 0 Å². The van der Waals surface area contributed by atoms with E-state index in [4.69, 9.17) is 0 Å². The van der Waals surface area contributed by atoms with Crippen LogP contribution in [-0.2, 0) is 0 Å². The first kappa shape index (κ1) is 8.00. The molecule has 42 valence electrons. The van der Waals surface area contributed by atoms with Crippen LogP contribution in [0.2, 0.25) is 4.97 Å². The van der Waals surface area contributed by atoms with Crippen molar-refractivity contribution in [3.63, 3.8) is 0 Å². The van der Waals surface area contributed by atoms with Gasteiger partial charge >= 0.3 is 59.3 Å². The van der Waals surface area contributed by atoms with Gasteiger partial charge in [-0.2, -0.15) is 0 Å². The van der Waals surface area contributed by atoms with Crippen LogP contribution in [0.4, 0.5) is 0 Å². The Labute approximate surface area is 58.7 Å². The van der Waals surface area contributed by atoms with Crippen molar-refractivity contribution in [3.05, 3.63) is 21.4 Å². The molecule has 0 fully saturated rings. The molecule has 0 saturated heterocycles. The molecule has 0 aromatic heterocycles. The van der Waals surface area contributed by atoms with E-state index in [9.17, 15) is 0 Å². The van der Waals surface area contributed by atoms with Crippen molar-refractivity contribution in [3.8, 4) is 0 Å². The standard InChI is InChI=1S/C5H9ITe/c1-4-7(3,6)5-2/h4-5H,1-2H2,3H3. The minimum absolute atomic E-state index is 1.61. The van der Waals surface area contributed by atoms with Crippen LogP contribution >= 0.6 is 18.7 Å².